The highest BCUT2D eigenvalue weighted by Gasteiger charge is 2.29. The Morgan fingerprint density at radius 1 is 1.06 bits per heavy atom. The lowest BCUT2D eigenvalue weighted by Gasteiger charge is -2.40. The molecule has 2 aliphatic heterocycles. The van der Waals surface area contributed by atoms with Gasteiger partial charge in [0.15, 0.2) is 0 Å². The van der Waals surface area contributed by atoms with Gasteiger partial charge >= 0.3 is 0 Å². The standard InChI is InChI=1S/C15H28N2O/c1-13(2)15(18)17-11-7-4-8-14(17)12-16-9-5-3-6-10-16/h13-14H,3-12H2,1-2H3. The first-order chi connectivity index (χ1) is 8.68. The van der Waals surface area contributed by atoms with E-state index in [1.165, 1.54) is 51.6 Å². The maximum atomic E-state index is 12.3. The Labute approximate surface area is 112 Å². The number of nitrogens with zero attached hydrogens (tertiary/aromatic N) is 2. The van der Waals surface area contributed by atoms with E-state index in [1.54, 1.807) is 0 Å². The van der Waals surface area contributed by atoms with Crippen LogP contribution in [0.3, 0.4) is 0 Å². The van der Waals surface area contributed by atoms with E-state index < -0.39 is 0 Å². The van der Waals surface area contributed by atoms with Crippen molar-refractivity contribution in [2.75, 3.05) is 26.2 Å². The van der Waals surface area contributed by atoms with Crippen LogP contribution in [-0.2, 0) is 4.79 Å². The summed E-state index contributed by atoms with van der Waals surface area (Å²) in [4.78, 5) is 17.0. The maximum Gasteiger partial charge on any atom is 0.225 e. The molecule has 0 aromatic heterocycles. The molecule has 0 aliphatic carbocycles. The van der Waals surface area contributed by atoms with Gasteiger partial charge in [-0.05, 0) is 45.2 Å². The summed E-state index contributed by atoms with van der Waals surface area (Å²) in [5.41, 5.74) is 0. The van der Waals surface area contributed by atoms with Crippen molar-refractivity contribution in [3.63, 3.8) is 0 Å². The van der Waals surface area contributed by atoms with Crippen molar-refractivity contribution in [2.45, 2.75) is 58.4 Å². The van der Waals surface area contributed by atoms with E-state index in [4.69, 9.17) is 0 Å². The molecular weight excluding hydrogens is 224 g/mol. The van der Waals surface area contributed by atoms with Crippen molar-refractivity contribution in [2.24, 2.45) is 5.92 Å². The van der Waals surface area contributed by atoms with Gasteiger partial charge in [0.2, 0.25) is 5.91 Å². The Balaban J connectivity index is 1.92. The first-order valence-corrected chi connectivity index (χ1v) is 7.71. The zero-order valence-corrected chi connectivity index (χ0v) is 12.0. The SMILES string of the molecule is CC(C)C(=O)N1CCCCC1CN1CCCCC1. The second-order valence-corrected chi connectivity index (χ2v) is 6.20. The number of amides is 1. The van der Waals surface area contributed by atoms with Gasteiger partial charge < -0.3 is 9.80 Å². The molecule has 1 unspecified atom stereocenters. The third-order valence-electron chi connectivity index (χ3n) is 4.32. The molecule has 0 bridgehead atoms. The Kier molecular flexibility index (Phi) is 5.04. The lowest BCUT2D eigenvalue weighted by molar-refractivity contribution is -0.138. The van der Waals surface area contributed by atoms with E-state index in [9.17, 15) is 4.79 Å². The van der Waals surface area contributed by atoms with Crippen LogP contribution in [0.4, 0.5) is 0 Å². The van der Waals surface area contributed by atoms with Gasteiger partial charge in [-0.15, -0.1) is 0 Å². The second kappa shape index (κ2) is 6.55. The number of carbonyl (C=O) groups is 1. The Bertz CT molecular complexity index is 272. The fourth-order valence-electron chi connectivity index (χ4n) is 3.25. The Hall–Kier alpha value is -0.570. The molecule has 0 aromatic carbocycles. The highest BCUT2D eigenvalue weighted by molar-refractivity contribution is 5.78. The predicted molar refractivity (Wildman–Crippen MR) is 74.5 cm³/mol. The van der Waals surface area contributed by atoms with Crippen LogP contribution in [0.25, 0.3) is 0 Å². The van der Waals surface area contributed by atoms with E-state index in [1.807, 2.05) is 13.8 Å². The molecule has 0 aromatic rings. The van der Waals surface area contributed by atoms with Crippen molar-refractivity contribution in [1.29, 1.82) is 0 Å². The quantitative estimate of drug-likeness (QED) is 0.770. The minimum Gasteiger partial charge on any atom is -0.338 e. The van der Waals surface area contributed by atoms with Crippen LogP contribution in [0.1, 0.15) is 52.4 Å². The molecule has 0 N–H and O–H groups in total. The summed E-state index contributed by atoms with van der Waals surface area (Å²) < 4.78 is 0. The highest BCUT2D eigenvalue weighted by Crippen LogP contribution is 2.21. The molecule has 2 rings (SSSR count). The number of hydrogen-bond acceptors (Lipinski definition) is 2. The van der Waals surface area contributed by atoms with E-state index in [2.05, 4.69) is 9.80 Å². The van der Waals surface area contributed by atoms with Crippen LogP contribution in [0.2, 0.25) is 0 Å². The fourth-order valence-corrected chi connectivity index (χ4v) is 3.25. The van der Waals surface area contributed by atoms with E-state index >= 15 is 0 Å². The van der Waals surface area contributed by atoms with Crippen LogP contribution in [0.5, 0.6) is 0 Å². The Morgan fingerprint density at radius 3 is 2.39 bits per heavy atom. The van der Waals surface area contributed by atoms with E-state index in [-0.39, 0.29) is 5.92 Å². The summed E-state index contributed by atoms with van der Waals surface area (Å²) in [7, 11) is 0. The molecular formula is C15H28N2O. The van der Waals surface area contributed by atoms with Gasteiger partial charge in [-0.2, -0.15) is 0 Å². The first kappa shape index (κ1) is 13.9. The molecule has 2 heterocycles. The maximum absolute atomic E-state index is 12.3. The number of piperidine rings is 2. The molecule has 1 atom stereocenters. The average Bonchev–Trinajstić information content (AvgIpc) is 2.39. The van der Waals surface area contributed by atoms with E-state index in [0.29, 0.717) is 11.9 Å². The minimum absolute atomic E-state index is 0.145. The Morgan fingerprint density at radius 2 is 1.72 bits per heavy atom. The average molecular weight is 252 g/mol. The number of likely N-dealkylation sites (tertiary alicyclic amines) is 2. The largest absolute Gasteiger partial charge is 0.338 e. The van der Waals surface area contributed by atoms with Crippen molar-refractivity contribution in [1.82, 2.24) is 9.80 Å². The van der Waals surface area contributed by atoms with Crippen molar-refractivity contribution < 1.29 is 4.79 Å². The summed E-state index contributed by atoms with van der Waals surface area (Å²) >= 11 is 0. The predicted octanol–water partition coefficient (Wildman–Crippen LogP) is 2.51. The monoisotopic (exact) mass is 252 g/mol. The van der Waals surface area contributed by atoms with Gasteiger partial charge in [0.1, 0.15) is 0 Å². The zero-order chi connectivity index (χ0) is 13.0. The minimum atomic E-state index is 0.145. The van der Waals surface area contributed by atoms with Gasteiger partial charge in [-0.1, -0.05) is 20.3 Å². The van der Waals surface area contributed by atoms with Crippen LogP contribution in [0.15, 0.2) is 0 Å². The third-order valence-corrected chi connectivity index (χ3v) is 4.32. The van der Waals surface area contributed by atoms with Gasteiger partial charge in [0.25, 0.3) is 0 Å². The van der Waals surface area contributed by atoms with Crippen LogP contribution < -0.4 is 0 Å². The fraction of sp³-hybridized carbons (Fsp3) is 0.933. The van der Waals surface area contributed by atoms with Gasteiger partial charge in [0.05, 0.1) is 0 Å². The highest BCUT2D eigenvalue weighted by atomic mass is 16.2. The first-order valence-electron chi connectivity index (χ1n) is 7.71. The van der Waals surface area contributed by atoms with Crippen LogP contribution in [-0.4, -0.2) is 47.9 Å². The summed E-state index contributed by atoms with van der Waals surface area (Å²) in [6.45, 7) is 8.61. The summed E-state index contributed by atoms with van der Waals surface area (Å²) in [5.74, 6) is 0.503. The van der Waals surface area contributed by atoms with Crippen LogP contribution in [0, 0.1) is 5.92 Å². The van der Waals surface area contributed by atoms with Gasteiger partial charge in [-0.25, -0.2) is 0 Å². The van der Waals surface area contributed by atoms with Gasteiger partial charge in [0, 0.05) is 25.0 Å². The smallest absolute Gasteiger partial charge is 0.225 e. The lowest BCUT2D eigenvalue weighted by Crippen LogP contribution is -2.51. The molecule has 0 radical (unpaired) electrons. The topological polar surface area (TPSA) is 23.6 Å². The molecule has 3 nitrogen and oxygen atoms in total. The third kappa shape index (κ3) is 3.47. The normalized spacial score (nSPS) is 26.6. The molecule has 0 spiro atoms. The number of hydrogen-bond donors (Lipinski definition) is 0. The van der Waals surface area contributed by atoms with E-state index in [0.717, 1.165) is 13.1 Å². The van der Waals surface area contributed by atoms with Gasteiger partial charge in [-0.3, -0.25) is 4.79 Å². The van der Waals surface area contributed by atoms with Crippen molar-refractivity contribution >= 4 is 5.91 Å². The van der Waals surface area contributed by atoms with Crippen molar-refractivity contribution in [3.8, 4) is 0 Å². The molecule has 1 amide bonds. The summed E-state index contributed by atoms with van der Waals surface area (Å²) in [5, 5.41) is 0. The molecule has 3 heteroatoms. The molecule has 2 fully saturated rings. The molecule has 18 heavy (non-hydrogen) atoms. The molecule has 0 saturated carbocycles. The number of rotatable bonds is 3. The second-order valence-electron chi connectivity index (χ2n) is 6.20. The molecule has 104 valence electrons. The summed E-state index contributed by atoms with van der Waals surface area (Å²) in [6.07, 6.45) is 7.75. The summed E-state index contributed by atoms with van der Waals surface area (Å²) in [6, 6.07) is 0.478. The van der Waals surface area contributed by atoms with Crippen molar-refractivity contribution in [3.05, 3.63) is 0 Å². The molecule has 2 aliphatic rings. The zero-order valence-electron chi connectivity index (χ0n) is 12.0. The lowest BCUT2D eigenvalue weighted by atomic mass is 9.98. The van der Waals surface area contributed by atoms with Crippen LogP contribution >= 0.6 is 0 Å². The molecule has 2 saturated heterocycles. The number of carbonyl (C=O) groups excluding carboxylic acids is 1.